The number of hydrogen-bond acceptors (Lipinski definition) is 4. The number of benzene rings is 1. The Morgan fingerprint density at radius 1 is 1.32 bits per heavy atom. The van der Waals surface area contributed by atoms with Crippen LogP contribution in [-0.2, 0) is 17.9 Å². The standard InChI is InChI=1S/C20H31N3OS/c1-16-6-4-5-10-23(16)14-18-8-3-2-7-17(18)13-22-20(24)12-19-15-25-11-9-21-19/h2-3,7-8,16,19,21H,4-6,9-15H2,1H3,(H,22,24). The van der Waals surface area contributed by atoms with E-state index in [1.165, 1.54) is 36.9 Å². The Morgan fingerprint density at radius 3 is 2.92 bits per heavy atom. The Balaban J connectivity index is 1.52. The van der Waals surface area contributed by atoms with E-state index in [9.17, 15) is 4.79 Å². The zero-order valence-corrected chi connectivity index (χ0v) is 16.1. The van der Waals surface area contributed by atoms with Gasteiger partial charge in [-0.2, -0.15) is 11.8 Å². The molecule has 0 bridgehead atoms. The van der Waals surface area contributed by atoms with Crippen LogP contribution in [-0.4, -0.2) is 47.5 Å². The van der Waals surface area contributed by atoms with Crippen LogP contribution in [0.25, 0.3) is 0 Å². The normalized spacial score (nSPS) is 24.8. The summed E-state index contributed by atoms with van der Waals surface area (Å²) in [7, 11) is 0. The molecule has 2 unspecified atom stereocenters. The van der Waals surface area contributed by atoms with Crippen molar-refractivity contribution < 1.29 is 4.79 Å². The van der Waals surface area contributed by atoms with Crippen LogP contribution < -0.4 is 10.6 Å². The van der Waals surface area contributed by atoms with Gasteiger partial charge in [0.2, 0.25) is 5.91 Å². The molecule has 5 heteroatoms. The molecule has 2 N–H and O–H groups in total. The third-order valence-corrected chi connectivity index (χ3v) is 6.47. The lowest BCUT2D eigenvalue weighted by atomic mass is 10.0. The molecule has 0 aliphatic carbocycles. The number of piperidine rings is 1. The summed E-state index contributed by atoms with van der Waals surface area (Å²) in [6.45, 7) is 6.16. The highest BCUT2D eigenvalue weighted by atomic mass is 32.2. The summed E-state index contributed by atoms with van der Waals surface area (Å²) in [6, 6.07) is 9.53. The fraction of sp³-hybridized carbons (Fsp3) is 0.650. The number of rotatable bonds is 6. The Bertz CT molecular complexity index is 560. The van der Waals surface area contributed by atoms with Crippen molar-refractivity contribution >= 4 is 17.7 Å². The molecule has 1 aromatic carbocycles. The van der Waals surface area contributed by atoms with E-state index in [4.69, 9.17) is 0 Å². The van der Waals surface area contributed by atoms with E-state index < -0.39 is 0 Å². The number of amides is 1. The minimum atomic E-state index is 0.154. The topological polar surface area (TPSA) is 44.4 Å². The van der Waals surface area contributed by atoms with Crippen molar-refractivity contribution in [2.75, 3.05) is 24.6 Å². The molecule has 2 heterocycles. The molecule has 2 saturated heterocycles. The largest absolute Gasteiger partial charge is 0.352 e. The Labute approximate surface area is 156 Å². The molecule has 0 radical (unpaired) electrons. The van der Waals surface area contributed by atoms with E-state index in [-0.39, 0.29) is 5.91 Å². The second kappa shape index (κ2) is 9.60. The van der Waals surface area contributed by atoms with Gasteiger partial charge < -0.3 is 10.6 Å². The molecular weight excluding hydrogens is 330 g/mol. The quantitative estimate of drug-likeness (QED) is 0.818. The first-order valence-electron chi connectivity index (χ1n) is 9.61. The second-order valence-corrected chi connectivity index (χ2v) is 8.44. The Morgan fingerprint density at radius 2 is 2.16 bits per heavy atom. The van der Waals surface area contributed by atoms with Crippen LogP contribution in [0.1, 0.15) is 43.7 Å². The predicted molar refractivity (Wildman–Crippen MR) is 106 cm³/mol. The van der Waals surface area contributed by atoms with Crippen molar-refractivity contribution in [3.63, 3.8) is 0 Å². The van der Waals surface area contributed by atoms with Crippen molar-refractivity contribution in [3.8, 4) is 0 Å². The van der Waals surface area contributed by atoms with Gasteiger partial charge >= 0.3 is 0 Å². The number of nitrogens with one attached hydrogen (secondary N) is 2. The lowest BCUT2D eigenvalue weighted by molar-refractivity contribution is -0.121. The monoisotopic (exact) mass is 361 g/mol. The predicted octanol–water partition coefficient (Wildman–Crippen LogP) is 2.77. The SMILES string of the molecule is CC1CCCCN1Cc1ccccc1CNC(=O)CC1CSCCN1. The maximum Gasteiger partial charge on any atom is 0.221 e. The van der Waals surface area contributed by atoms with Crippen molar-refractivity contribution in [2.24, 2.45) is 0 Å². The van der Waals surface area contributed by atoms with Crippen molar-refractivity contribution in [2.45, 2.75) is 57.8 Å². The smallest absolute Gasteiger partial charge is 0.221 e. The van der Waals surface area contributed by atoms with Crippen molar-refractivity contribution in [1.82, 2.24) is 15.5 Å². The van der Waals surface area contributed by atoms with Gasteiger partial charge in [-0.1, -0.05) is 30.7 Å². The van der Waals surface area contributed by atoms with Gasteiger partial charge in [0, 0.05) is 49.6 Å². The number of carbonyl (C=O) groups excluding carboxylic acids is 1. The number of carbonyl (C=O) groups is 1. The molecule has 2 fully saturated rings. The van der Waals surface area contributed by atoms with E-state index in [1.807, 2.05) is 11.8 Å². The molecule has 0 aromatic heterocycles. The van der Waals surface area contributed by atoms with Gasteiger partial charge in [-0.3, -0.25) is 9.69 Å². The maximum absolute atomic E-state index is 12.3. The van der Waals surface area contributed by atoms with E-state index >= 15 is 0 Å². The van der Waals surface area contributed by atoms with Gasteiger partial charge in [0.05, 0.1) is 0 Å². The maximum atomic E-state index is 12.3. The molecule has 3 rings (SSSR count). The minimum absolute atomic E-state index is 0.154. The van der Waals surface area contributed by atoms with Crippen molar-refractivity contribution in [1.29, 1.82) is 0 Å². The molecule has 2 atom stereocenters. The van der Waals surface area contributed by atoms with Gasteiger partial charge in [0.25, 0.3) is 0 Å². The Kier molecular flexibility index (Phi) is 7.20. The summed E-state index contributed by atoms with van der Waals surface area (Å²) in [5, 5.41) is 6.56. The molecule has 0 spiro atoms. The third-order valence-electron chi connectivity index (χ3n) is 5.34. The van der Waals surface area contributed by atoms with Crippen LogP contribution in [0.5, 0.6) is 0 Å². The second-order valence-electron chi connectivity index (χ2n) is 7.29. The molecule has 1 amide bonds. The summed E-state index contributed by atoms with van der Waals surface area (Å²) < 4.78 is 0. The molecule has 2 aliphatic rings. The summed E-state index contributed by atoms with van der Waals surface area (Å²) in [5.41, 5.74) is 2.60. The van der Waals surface area contributed by atoms with E-state index in [0.29, 0.717) is 25.0 Å². The average Bonchev–Trinajstić information content (AvgIpc) is 2.64. The summed E-state index contributed by atoms with van der Waals surface area (Å²) in [5.74, 6) is 2.35. The third kappa shape index (κ3) is 5.73. The molecular formula is C20H31N3OS. The first kappa shape index (κ1) is 18.7. The number of likely N-dealkylation sites (tertiary alicyclic amines) is 1. The first-order chi connectivity index (χ1) is 12.2. The molecule has 4 nitrogen and oxygen atoms in total. The molecule has 25 heavy (non-hydrogen) atoms. The fourth-order valence-corrected chi connectivity index (χ4v) is 4.69. The van der Waals surface area contributed by atoms with Crippen LogP contribution in [0, 0.1) is 0 Å². The van der Waals surface area contributed by atoms with Gasteiger partial charge in [0.1, 0.15) is 0 Å². The molecule has 2 aliphatic heterocycles. The van der Waals surface area contributed by atoms with Crippen LogP contribution in [0.15, 0.2) is 24.3 Å². The lowest BCUT2D eigenvalue weighted by Gasteiger charge is -2.33. The summed E-state index contributed by atoms with van der Waals surface area (Å²) in [6.07, 6.45) is 4.53. The van der Waals surface area contributed by atoms with Gasteiger partial charge in [-0.05, 0) is 37.4 Å². The van der Waals surface area contributed by atoms with Crippen LogP contribution in [0.3, 0.4) is 0 Å². The van der Waals surface area contributed by atoms with Gasteiger partial charge in [0.15, 0.2) is 0 Å². The van der Waals surface area contributed by atoms with Crippen molar-refractivity contribution in [3.05, 3.63) is 35.4 Å². The summed E-state index contributed by atoms with van der Waals surface area (Å²) in [4.78, 5) is 14.8. The average molecular weight is 362 g/mol. The van der Waals surface area contributed by atoms with E-state index in [1.54, 1.807) is 0 Å². The van der Waals surface area contributed by atoms with Gasteiger partial charge in [-0.25, -0.2) is 0 Å². The molecule has 0 saturated carbocycles. The highest BCUT2D eigenvalue weighted by Gasteiger charge is 2.20. The minimum Gasteiger partial charge on any atom is -0.352 e. The van der Waals surface area contributed by atoms with Gasteiger partial charge in [-0.15, -0.1) is 0 Å². The Hall–Kier alpha value is -1.04. The fourth-order valence-electron chi connectivity index (χ4n) is 3.74. The summed E-state index contributed by atoms with van der Waals surface area (Å²) >= 11 is 1.93. The van der Waals surface area contributed by atoms with Crippen LogP contribution in [0.4, 0.5) is 0 Å². The zero-order valence-electron chi connectivity index (χ0n) is 15.3. The number of thioether (sulfide) groups is 1. The van der Waals surface area contributed by atoms with Crippen LogP contribution in [0.2, 0.25) is 0 Å². The number of hydrogen-bond donors (Lipinski definition) is 2. The number of nitrogens with zero attached hydrogens (tertiary/aromatic N) is 1. The van der Waals surface area contributed by atoms with E-state index in [2.05, 4.69) is 46.7 Å². The lowest BCUT2D eigenvalue weighted by Crippen LogP contribution is -2.41. The van der Waals surface area contributed by atoms with Crippen LogP contribution >= 0.6 is 11.8 Å². The first-order valence-corrected chi connectivity index (χ1v) is 10.8. The highest BCUT2D eigenvalue weighted by molar-refractivity contribution is 7.99. The zero-order chi connectivity index (χ0) is 17.5. The molecule has 138 valence electrons. The highest BCUT2D eigenvalue weighted by Crippen LogP contribution is 2.21. The van der Waals surface area contributed by atoms with E-state index in [0.717, 1.165) is 24.6 Å². The molecule has 1 aromatic rings.